The van der Waals surface area contributed by atoms with Gasteiger partial charge in [0.1, 0.15) is 6.26 Å². The molecule has 0 fully saturated rings. The molecular formula is C14H17ClN2OS. The highest BCUT2D eigenvalue weighted by molar-refractivity contribution is 7.99. The molecule has 1 N–H and O–H groups in total. The second kappa shape index (κ2) is 6.98. The average molecular weight is 297 g/mol. The van der Waals surface area contributed by atoms with Crippen molar-refractivity contribution in [1.82, 2.24) is 10.3 Å². The zero-order chi connectivity index (χ0) is 13.7. The van der Waals surface area contributed by atoms with Crippen LogP contribution in [0.15, 0.2) is 39.0 Å². The van der Waals surface area contributed by atoms with Crippen LogP contribution in [0.2, 0.25) is 5.02 Å². The van der Waals surface area contributed by atoms with Crippen molar-refractivity contribution < 1.29 is 4.42 Å². The molecular weight excluding hydrogens is 280 g/mol. The lowest BCUT2D eigenvalue weighted by molar-refractivity contribution is 0.454. The highest BCUT2D eigenvalue weighted by Crippen LogP contribution is 2.33. The van der Waals surface area contributed by atoms with Gasteiger partial charge in [-0.05, 0) is 49.3 Å². The Bertz CT molecular complexity index is 542. The SMILES string of the molecule is CCCNCc1ccc(Sc2nc(C)co2)c(Cl)c1. The zero-order valence-corrected chi connectivity index (χ0v) is 12.6. The van der Waals surface area contributed by atoms with Gasteiger partial charge in [0, 0.05) is 11.4 Å². The van der Waals surface area contributed by atoms with E-state index in [1.165, 1.54) is 17.3 Å². The molecule has 0 atom stereocenters. The third-order valence-corrected chi connectivity index (χ3v) is 3.91. The second-order valence-electron chi connectivity index (χ2n) is 4.30. The van der Waals surface area contributed by atoms with E-state index in [-0.39, 0.29) is 0 Å². The number of hydrogen-bond acceptors (Lipinski definition) is 4. The van der Waals surface area contributed by atoms with Crippen molar-refractivity contribution in [3.8, 4) is 0 Å². The van der Waals surface area contributed by atoms with Crippen LogP contribution in [0.4, 0.5) is 0 Å². The summed E-state index contributed by atoms with van der Waals surface area (Å²) in [5, 5.41) is 4.71. The van der Waals surface area contributed by atoms with Crippen LogP contribution in [0.1, 0.15) is 24.6 Å². The Morgan fingerprint density at radius 3 is 2.89 bits per heavy atom. The van der Waals surface area contributed by atoms with Gasteiger partial charge in [0.25, 0.3) is 5.22 Å². The maximum Gasteiger partial charge on any atom is 0.260 e. The molecule has 3 nitrogen and oxygen atoms in total. The first kappa shape index (κ1) is 14.4. The molecule has 1 heterocycles. The smallest absolute Gasteiger partial charge is 0.260 e. The third kappa shape index (κ3) is 4.27. The van der Waals surface area contributed by atoms with Gasteiger partial charge in [-0.3, -0.25) is 0 Å². The van der Waals surface area contributed by atoms with E-state index in [0.29, 0.717) is 5.22 Å². The number of oxazole rings is 1. The topological polar surface area (TPSA) is 38.1 Å². The van der Waals surface area contributed by atoms with E-state index in [2.05, 4.69) is 23.3 Å². The molecule has 0 saturated carbocycles. The van der Waals surface area contributed by atoms with Gasteiger partial charge < -0.3 is 9.73 Å². The molecule has 0 amide bonds. The molecule has 0 bridgehead atoms. The standard InChI is InChI=1S/C14H17ClN2OS/c1-3-6-16-8-11-4-5-13(12(15)7-11)19-14-17-10(2)9-18-14/h4-5,7,9,16H,3,6,8H2,1-2H3. The Kier molecular flexibility index (Phi) is 5.31. The van der Waals surface area contributed by atoms with Crippen molar-refractivity contribution in [2.24, 2.45) is 0 Å². The summed E-state index contributed by atoms with van der Waals surface area (Å²) in [4.78, 5) is 5.22. The van der Waals surface area contributed by atoms with Crippen LogP contribution < -0.4 is 5.32 Å². The number of nitrogens with one attached hydrogen (secondary N) is 1. The lowest BCUT2D eigenvalue weighted by Crippen LogP contribution is -2.13. The average Bonchev–Trinajstić information content (AvgIpc) is 2.79. The number of hydrogen-bond donors (Lipinski definition) is 1. The lowest BCUT2D eigenvalue weighted by Gasteiger charge is -2.06. The summed E-state index contributed by atoms with van der Waals surface area (Å²) in [6.45, 7) is 5.91. The maximum atomic E-state index is 6.28. The van der Waals surface area contributed by atoms with Crippen LogP contribution in [0.25, 0.3) is 0 Å². The fourth-order valence-corrected chi connectivity index (χ4v) is 2.71. The Labute approximate surface area is 122 Å². The third-order valence-electron chi connectivity index (χ3n) is 2.55. The largest absolute Gasteiger partial charge is 0.439 e. The zero-order valence-electron chi connectivity index (χ0n) is 11.1. The van der Waals surface area contributed by atoms with Gasteiger partial charge in [-0.15, -0.1) is 0 Å². The molecule has 19 heavy (non-hydrogen) atoms. The number of nitrogens with zero attached hydrogens (tertiary/aromatic N) is 1. The minimum Gasteiger partial charge on any atom is -0.439 e. The van der Waals surface area contributed by atoms with Crippen molar-refractivity contribution in [3.63, 3.8) is 0 Å². The van der Waals surface area contributed by atoms with Gasteiger partial charge in [-0.1, -0.05) is 24.6 Å². The number of aromatic nitrogens is 1. The minimum atomic E-state index is 0.622. The molecule has 0 saturated heterocycles. The fourth-order valence-electron chi connectivity index (χ4n) is 1.62. The molecule has 0 unspecified atom stereocenters. The van der Waals surface area contributed by atoms with Crippen LogP contribution in [-0.4, -0.2) is 11.5 Å². The lowest BCUT2D eigenvalue weighted by atomic mass is 10.2. The molecule has 1 aromatic carbocycles. The number of aryl methyl sites for hydroxylation is 1. The first-order valence-corrected chi connectivity index (χ1v) is 7.47. The van der Waals surface area contributed by atoms with Crippen molar-refractivity contribution in [2.45, 2.75) is 36.9 Å². The van der Waals surface area contributed by atoms with E-state index < -0.39 is 0 Å². The predicted octanol–water partition coefficient (Wildman–Crippen LogP) is 4.29. The summed E-state index contributed by atoms with van der Waals surface area (Å²) < 4.78 is 5.31. The Hall–Kier alpha value is -0.970. The summed E-state index contributed by atoms with van der Waals surface area (Å²) in [5.74, 6) is 0. The van der Waals surface area contributed by atoms with Crippen LogP contribution in [-0.2, 0) is 6.54 Å². The number of halogens is 1. The first-order chi connectivity index (χ1) is 9.19. The van der Waals surface area contributed by atoms with Crippen molar-refractivity contribution in [1.29, 1.82) is 0 Å². The summed E-state index contributed by atoms with van der Waals surface area (Å²) in [6, 6.07) is 6.07. The molecule has 0 spiro atoms. The number of rotatable bonds is 6. The molecule has 2 aromatic rings. The van der Waals surface area contributed by atoms with E-state index >= 15 is 0 Å². The number of benzene rings is 1. The van der Waals surface area contributed by atoms with Crippen molar-refractivity contribution in [2.75, 3.05) is 6.54 Å². The van der Waals surface area contributed by atoms with Crippen LogP contribution in [0, 0.1) is 6.92 Å². The molecule has 0 aliphatic carbocycles. The van der Waals surface area contributed by atoms with Gasteiger partial charge in [0.15, 0.2) is 0 Å². The molecule has 0 radical (unpaired) electrons. The summed E-state index contributed by atoms with van der Waals surface area (Å²) in [6.07, 6.45) is 2.77. The van der Waals surface area contributed by atoms with E-state index in [0.717, 1.165) is 35.1 Å². The molecule has 0 aliphatic heterocycles. The Morgan fingerprint density at radius 1 is 1.42 bits per heavy atom. The minimum absolute atomic E-state index is 0.622. The molecule has 1 aromatic heterocycles. The highest BCUT2D eigenvalue weighted by Gasteiger charge is 2.08. The Morgan fingerprint density at radius 2 is 2.26 bits per heavy atom. The molecule has 0 aliphatic rings. The van der Waals surface area contributed by atoms with Crippen molar-refractivity contribution >= 4 is 23.4 Å². The van der Waals surface area contributed by atoms with E-state index in [1.807, 2.05) is 19.1 Å². The van der Waals surface area contributed by atoms with Crippen molar-refractivity contribution in [3.05, 3.63) is 40.7 Å². The van der Waals surface area contributed by atoms with Gasteiger partial charge in [0.2, 0.25) is 0 Å². The maximum absolute atomic E-state index is 6.28. The Balaban J connectivity index is 2.02. The highest BCUT2D eigenvalue weighted by atomic mass is 35.5. The normalized spacial score (nSPS) is 10.9. The van der Waals surface area contributed by atoms with Crippen LogP contribution in [0.3, 0.4) is 0 Å². The van der Waals surface area contributed by atoms with Crippen LogP contribution >= 0.6 is 23.4 Å². The quantitative estimate of drug-likeness (QED) is 0.807. The predicted molar refractivity (Wildman–Crippen MR) is 78.8 cm³/mol. The summed E-state index contributed by atoms with van der Waals surface area (Å²) >= 11 is 7.72. The van der Waals surface area contributed by atoms with Gasteiger partial charge in [0.05, 0.1) is 10.7 Å². The fraction of sp³-hybridized carbons (Fsp3) is 0.357. The van der Waals surface area contributed by atoms with E-state index in [4.69, 9.17) is 16.0 Å². The van der Waals surface area contributed by atoms with E-state index in [1.54, 1.807) is 6.26 Å². The van der Waals surface area contributed by atoms with Crippen LogP contribution in [0.5, 0.6) is 0 Å². The second-order valence-corrected chi connectivity index (χ2v) is 5.70. The van der Waals surface area contributed by atoms with E-state index in [9.17, 15) is 0 Å². The first-order valence-electron chi connectivity index (χ1n) is 6.28. The van der Waals surface area contributed by atoms with Gasteiger partial charge >= 0.3 is 0 Å². The monoisotopic (exact) mass is 296 g/mol. The molecule has 102 valence electrons. The summed E-state index contributed by atoms with van der Waals surface area (Å²) in [5.41, 5.74) is 2.06. The molecule has 2 rings (SSSR count). The van der Waals surface area contributed by atoms with Gasteiger partial charge in [-0.25, -0.2) is 4.98 Å². The van der Waals surface area contributed by atoms with Gasteiger partial charge in [-0.2, -0.15) is 0 Å². The summed E-state index contributed by atoms with van der Waals surface area (Å²) in [7, 11) is 0. The molecule has 5 heteroatoms.